The summed E-state index contributed by atoms with van der Waals surface area (Å²) in [6.45, 7) is 28.0. The summed E-state index contributed by atoms with van der Waals surface area (Å²) in [5, 5.41) is 0. The topological polar surface area (TPSA) is 0 Å². The fraction of sp³-hybridized carbons (Fsp3) is 0.353. The zero-order valence-corrected chi connectivity index (χ0v) is 39.3. The summed E-state index contributed by atoms with van der Waals surface area (Å²) in [5.41, 5.74) is 14.2. The van der Waals surface area contributed by atoms with Crippen LogP contribution in [0.5, 0.6) is 0 Å². The molecular formula is C51H58Cl2F2Zr. The number of allylic oxidation sites excluding steroid dienone is 8. The van der Waals surface area contributed by atoms with Gasteiger partial charge < -0.3 is 0 Å². The molecule has 56 heavy (non-hydrogen) atoms. The summed E-state index contributed by atoms with van der Waals surface area (Å²) in [6, 6.07) is 24.5. The molecule has 0 nitrogen and oxygen atoms in total. The predicted molar refractivity (Wildman–Crippen MR) is 239 cm³/mol. The van der Waals surface area contributed by atoms with Crippen molar-refractivity contribution in [2.75, 3.05) is 0 Å². The molecule has 8 rings (SSSR count). The van der Waals surface area contributed by atoms with E-state index in [0.29, 0.717) is 0 Å². The zero-order chi connectivity index (χ0) is 39.2. The van der Waals surface area contributed by atoms with Crippen molar-refractivity contribution in [2.45, 2.75) is 100 Å². The molecule has 0 fully saturated rings. The van der Waals surface area contributed by atoms with Gasteiger partial charge in [-0.15, -0.1) is 24.8 Å². The van der Waals surface area contributed by atoms with Crippen molar-refractivity contribution in [1.82, 2.24) is 0 Å². The van der Waals surface area contributed by atoms with Crippen LogP contribution >= 0.6 is 24.8 Å². The minimum absolute atomic E-state index is 0. The van der Waals surface area contributed by atoms with Crippen LogP contribution in [0.3, 0.4) is 0 Å². The molecule has 0 aliphatic heterocycles. The van der Waals surface area contributed by atoms with E-state index in [1.165, 1.54) is 67.8 Å². The average molecular weight is 871 g/mol. The molecule has 0 radical (unpaired) electrons. The summed E-state index contributed by atoms with van der Waals surface area (Å²) < 4.78 is 40.5. The van der Waals surface area contributed by atoms with Gasteiger partial charge in [-0.2, -0.15) is 0 Å². The van der Waals surface area contributed by atoms with Crippen LogP contribution in [-0.4, -0.2) is 4.21 Å². The molecular weight excluding hydrogens is 813 g/mol. The van der Waals surface area contributed by atoms with Crippen molar-refractivity contribution in [3.63, 3.8) is 0 Å². The van der Waals surface area contributed by atoms with Gasteiger partial charge in [0.2, 0.25) is 0 Å². The Labute approximate surface area is 347 Å². The van der Waals surface area contributed by atoms with E-state index in [1.807, 2.05) is 24.3 Å². The van der Waals surface area contributed by atoms with Crippen LogP contribution in [0.25, 0.3) is 22.3 Å². The summed E-state index contributed by atoms with van der Waals surface area (Å²) >= 11 is -5.37. The standard InChI is InChI=1S/C31H37.C7H9.2C6H4F.CH2.2ClH.Zr/c1-28(2,3)26-16-30(7,8)24-12-18-11-19-13-25-23(15-21(19)20(18)14-22(24)26)27(29(4,5)6)17-31(25,9)10;1-6-3-4-7(2)5-6;2*7-6-4-2-1-3-5-6;;;;/h12-16H,11H2,1-10H3;3,5,7H,1-2H3;2*2-5H;1H2;2*1H;. The Hall–Kier alpha value is -2.97. The molecule has 0 saturated carbocycles. The third kappa shape index (κ3) is 5.83. The molecule has 4 aliphatic carbocycles. The van der Waals surface area contributed by atoms with Crippen LogP contribution in [-0.2, 0) is 35.5 Å². The minimum atomic E-state index is -5.37. The molecule has 0 amide bonds. The molecule has 5 heteroatoms. The first-order valence-corrected chi connectivity index (χ1v) is 26.4. The Morgan fingerprint density at radius 1 is 0.679 bits per heavy atom. The second-order valence-corrected chi connectivity index (χ2v) is 32.9. The average Bonchev–Trinajstić information content (AvgIpc) is 3.76. The van der Waals surface area contributed by atoms with Crippen LogP contribution < -0.4 is 6.54 Å². The van der Waals surface area contributed by atoms with E-state index in [-0.39, 0.29) is 58.6 Å². The summed E-state index contributed by atoms with van der Waals surface area (Å²) in [7, 11) is 0. The summed E-state index contributed by atoms with van der Waals surface area (Å²) in [5.74, 6) is -0.416. The summed E-state index contributed by atoms with van der Waals surface area (Å²) in [6.07, 6.45) is 8.12. The van der Waals surface area contributed by atoms with Gasteiger partial charge in [-0.3, -0.25) is 0 Å². The molecule has 4 aliphatic rings. The monoisotopic (exact) mass is 868 g/mol. The summed E-state index contributed by atoms with van der Waals surface area (Å²) in [4.78, 5) is 0. The van der Waals surface area contributed by atoms with Gasteiger partial charge in [0.15, 0.2) is 0 Å². The molecule has 0 saturated heterocycles. The molecule has 1 atom stereocenters. The first-order valence-electron chi connectivity index (χ1n) is 19.8. The number of hydrogen-bond acceptors (Lipinski definition) is 0. The van der Waals surface area contributed by atoms with E-state index >= 15 is 0 Å². The van der Waals surface area contributed by atoms with Crippen molar-refractivity contribution in [1.29, 1.82) is 0 Å². The van der Waals surface area contributed by atoms with E-state index in [1.54, 1.807) is 24.3 Å². The van der Waals surface area contributed by atoms with Gasteiger partial charge in [0.05, 0.1) is 0 Å². The van der Waals surface area contributed by atoms with Gasteiger partial charge in [-0.05, 0) is 0 Å². The van der Waals surface area contributed by atoms with Crippen LogP contribution in [0.1, 0.15) is 116 Å². The van der Waals surface area contributed by atoms with Crippen molar-refractivity contribution in [3.05, 3.63) is 148 Å². The van der Waals surface area contributed by atoms with Crippen LogP contribution in [0.15, 0.2) is 103 Å². The fourth-order valence-electron chi connectivity index (χ4n) is 11.4. The third-order valence-corrected chi connectivity index (χ3v) is 30.9. The number of halogens is 4. The molecule has 0 aromatic heterocycles. The van der Waals surface area contributed by atoms with Crippen molar-refractivity contribution < 1.29 is 27.1 Å². The Morgan fingerprint density at radius 2 is 1.16 bits per heavy atom. The number of hydrogen-bond donors (Lipinski definition) is 0. The fourth-order valence-corrected chi connectivity index (χ4v) is 30.7. The Morgan fingerprint density at radius 3 is 1.61 bits per heavy atom. The first kappa shape index (κ1) is 42.6. The van der Waals surface area contributed by atoms with Gasteiger partial charge in [0.25, 0.3) is 0 Å². The van der Waals surface area contributed by atoms with Gasteiger partial charge in [-0.1, -0.05) is 0 Å². The molecule has 4 aromatic rings. The quantitative estimate of drug-likeness (QED) is 0.169. The van der Waals surface area contributed by atoms with Gasteiger partial charge in [0, 0.05) is 0 Å². The normalized spacial score (nSPS) is 19.3. The van der Waals surface area contributed by atoms with E-state index in [9.17, 15) is 8.78 Å². The Balaban J connectivity index is 0.00000266. The second kappa shape index (κ2) is 13.3. The molecule has 0 heterocycles. The van der Waals surface area contributed by atoms with Gasteiger partial charge >= 0.3 is 325 Å². The molecule has 1 unspecified atom stereocenters. The maximum atomic E-state index is 15.0. The number of rotatable bonds is 4. The maximum absolute atomic E-state index is 15.0. The van der Waals surface area contributed by atoms with E-state index < -0.39 is 23.7 Å². The van der Waals surface area contributed by atoms with E-state index in [0.717, 1.165) is 13.0 Å². The molecule has 0 spiro atoms. The predicted octanol–water partition coefficient (Wildman–Crippen LogP) is 13.4. The third-order valence-electron chi connectivity index (χ3n) is 13.6. The number of benzene rings is 4. The Bertz CT molecular complexity index is 2460. The number of fused-ring (bicyclic) bond motifs is 5. The van der Waals surface area contributed by atoms with Crippen LogP contribution in [0, 0.1) is 28.4 Å². The second-order valence-electron chi connectivity index (χ2n) is 20.2. The molecule has 0 bridgehead atoms. The molecule has 294 valence electrons. The van der Waals surface area contributed by atoms with Crippen molar-refractivity contribution in [2.24, 2.45) is 16.7 Å². The Kier molecular flexibility index (Phi) is 10.1. The van der Waals surface area contributed by atoms with Crippen LogP contribution in [0.2, 0.25) is 0 Å². The van der Waals surface area contributed by atoms with Gasteiger partial charge in [0.1, 0.15) is 0 Å². The van der Waals surface area contributed by atoms with E-state index in [2.05, 4.69) is 126 Å². The molecule has 0 N–H and O–H groups in total. The van der Waals surface area contributed by atoms with Crippen molar-refractivity contribution in [3.8, 4) is 11.1 Å². The first-order chi connectivity index (χ1) is 25.0. The zero-order valence-electron chi connectivity index (χ0n) is 35.2. The SMILES string of the molecule is Cl.Cl.[CH2]=[Zr]([C]1=CC(C)=CC1C)([C]1=C(C(C)(C)C)c2cc3c(cc2C1(C)C)Cc1cc2c(cc1-3)C(C(C)(C)C)=CC2(C)C)([c]1ccc(F)cc1)[c]1ccc(F)cc1. The van der Waals surface area contributed by atoms with Crippen LogP contribution in [0.4, 0.5) is 8.78 Å². The van der Waals surface area contributed by atoms with E-state index in [4.69, 9.17) is 4.21 Å². The van der Waals surface area contributed by atoms with Crippen molar-refractivity contribution >= 4 is 46.7 Å². The molecule has 4 aromatic carbocycles. The van der Waals surface area contributed by atoms with Gasteiger partial charge in [-0.25, -0.2) is 0 Å².